The highest BCUT2D eigenvalue weighted by molar-refractivity contribution is 5.45. The Labute approximate surface area is 87.1 Å². The molecule has 0 aliphatic rings. The van der Waals surface area contributed by atoms with Gasteiger partial charge in [0.2, 0.25) is 0 Å². The third-order valence-corrected chi connectivity index (χ3v) is 2.55. The molecule has 0 bridgehead atoms. The Balaban J connectivity index is 3.08. The third kappa shape index (κ3) is 2.28. The SMILES string of the molecule is COc1c(C)ccc(CC(C)C)c1C. The standard InChI is InChI=1S/C13H20O/c1-9(2)8-12-7-6-10(3)13(14-5)11(12)4/h6-7,9H,8H2,1-5H3. The number of rotatable bonds is 3. The molecule has 0 spiro atoms. The molecule has 0 aliphatic heterocycles. The zero-order chi connectivity index (χ0) is 10.7. The molecule has 0 aromatic heterocycles. The first-order valence-electron chi connectivity index (χ1n) is 5.19. The molecule has 0 saturated heterocycles. The van der Waals surface area contributed by atoms with Crippen molar-refractivity contribution < 1.29 is 4.74 Å². The summed E-state index contributed by atoms with van der Waals surface area (Å²) in [5.74, 6) is 1.74. The van der Waals surface area contributed by atoms with Crippen LogP contribution in [-0.4, -0.2) is 7.11 Å². The minimum Gasteiger partial charge on any atom is -0.496 e. The van der Waals surface area contributed by atoms with Crippen molar-refractivity contribution in [2.75, 3.05) is 7.11 Å². The van der Waals surface area contributed by atoms with E-state index in [0.717, 1.165) is 12.2 Å². The van der Waals surface area contributed by atoms with Gasteiger partial charge in [0.15, 0.2) is 0 Å². The van der Waals surface area contributed by atoms with Crippen LogP contribution in [-0.2, 0) is 6.42 Å². The lowest BCUT2D eigenvalue weighted by Gasteiger charge is -2.14. The molecule has 0 aliphatic carbocycles. The number of hydrogen-bond acceptors (Lipinski definition) is 1. The summed E-state index contributed by atoms with van der Waals surface area (Å²) in [7, 11) is 1.74. The molecule has 1 rings (SSSR count). The van der Waals surface area contributed by atoms with Crippen molar-refractivity contribution in [3.8, 4) is 5.75 Å². The van der Waals surface area contributed by atoms with Gasteiger partial charge >= 0.3 is 0 Å². The van der Waals surface area contributed by atoms with Gasteiger partial charge < -0.3 is 4.74 Å². The van der Waals surface area contributed by atoms with Crippen LogP contribution >= 0.6 is 0 Å². The van der Waals surface area contributed by atoms with Crippen molar-refractivity contribution in [3.63, 3.8) is 0 Å². The highest BCUT2D eigenvalue weighted by Gasteiger charge is 2.08. The van der Waals surface area contributed by atoms with Crippen LogP contribution in [0.2, 0.25) is 0 Å². The van der Waals surface area contributed by atoms with Crippen LogP contribution in [0.4, 0.5) is 0 Å². The molecule has 0 heterocycles. The second-order valence-electron chi connectivity index (χ2n) is 4.30. The van der Waals surface area contributed by atoms with E-state index in [1.54, 1.807) is 7.11 Å². The van der Waals surface area contributed by atoms with Crippen molar-refractivity contribution in [1.82, 2.24) is 0 Å². The average molecular weight is 192 g/mol. The van der Waals surface area contributed by atoms with E-state index in [2.05, 4.69) is 39.8 Å². The monoisotopic (exact) mass is 192 g/mol. The Hall–Kier alpha value is -0.980. The zero-order valence-electron chi connectivity index (χ0n) is 9.85. The first-order valence-corrected chi connectivity index (χ1v) is 5.19. The van der Waals surface area contributed by atoms with E-state index in [9.17, 15) is 0 Å². The van der Waals surface area contributed by atoms with Gasteiger partial charge in [-0.05, 0) is 42.9 Å². The normalized spacial score (nSPS) is 10.7. The molecule has 0 atom stereocenters. The van der Waals surface area contributed by atoms with Crippen LogP contribution in [0.5, 0.6) is 5.75 Å². The lowest BCUT2D eigenvalue weighted by molar-refractivity contribution is 0.407. The Morgan fingerprint density at radius 2 is 1.86 bits per heavy atom. The molecule has 1 heteroatoms. The molecule has 0 radical (unpaired) electrons. The quantitative estimate of drug-likeness (QED) is 0.712. The summed E-state index contributed by atoms with van der Waals surface area (Å²) in [6.07, 6.45) is 1.13. The van der Waals surface area contributed by atoms with Gasteiger partial charge in [-0.2, -0.15) is 0 Å². The maximum atomic E-state index is 5.40. The average Bonchev–Trinajstić information content (AvgIpc) is 2.10. The Kier molecular flexibility index (Phi) is 3.56. The summed E-state index contributed by atoms with van der Waals surface area (Å²) in [5, 5.41) is 0. The van der Waals surface area contributed by atoms with Gasteiger partial charge in [-0.1, -0.05) is 26.0 Å². The first-order chi connectivity index (χ1) is 6.56. The Morgan fingerprint density at radius 1 is 1.21 bits per heavy atom. The summed E-state index contributed by atoms with van der Waals surface area (Å²) >= 11 is 0. The van der Waals surface area contributed by atoms with E-state index < -0.39 is 0 Å². The van der Waals surface area contributed by atoms with Crippen LogP contribution in [0.15, 0.2) is 12.1 Å². The minimum absolute atomic E-state index is 0.695. The van der Waals surface area contributed by atoms with Crippen LogP contribution < -0.4 is 4.74 Å². The predicted octanol–water partition coefficient (Wildman–Crippen LogP) is 3.51. The smallest absolute Gasteiger partial charge is 0.124 e. The van der Waals surface area contributed by atoms with Crippen molar-refractivity contribution in [1.29, 1.82) is 0 Å². The molecule has 0 saturated carbocycles. The number of ether oxygens (including phenoxy) is 1. The second kappa shape index (κ2) is 4.50. The van der Waals surface area contributed by atoms with E-state index in [4.69, 9.17) is 4.74 Å². The number of aryl methyl sites for hydroxylation is 1. The maximum Gasteiger partial charge on any atom is 0.124 e. The van der Waals surface area contributed by atoms with E-state index in [1.807, 2.05) is 0 Å². The third-order valence-electron chi connectivity index (χ3n) is 2.55. The molecular formula is C13H20O. The fourth-order valence-corrected chi connectivity index (χ4v) is 1.84. The largest absolute Gasteiger partial charge is 0.496 e. The van der Waals surface area contributed by atoms with Gasteiger partial charge in [-0.3, -0.25) is 0 Å². The predicted molar refractivity (Wildman–Crippen MR) is 61.0 cm³/mol. The van der Waals surface area contributed by atoms with Gasteiger partial charge in [0.05, 0.1) is 7.11 Å². The fourth-order valence-electron chi connectivity index (χ4n) is 1.84. The van der Waals surface area contributed by atoms with E-state index >= 15 is 0 Å². The van der Waals surface area contributed by atoms with Gasteiger partial charge in [0.1, 0.15) is 5.75 Å². The molecule has 78 valence electrons. The van der Waals surface area contributed by atoms with E-state index in [1.165, 1.54) is 16.7 Å². The summed E-state index contributed by atoms with van der Waals surface area (Å²) in [4.78, 5) is 0. The van der Waals surface area contributed by atoms with Crippen LogP contribution in [0.3, 0.4) is 0 Å². The zero-order valence-corrected chi connectivity index (χ0v) is 9.85. The number of benzene rings is 1. The van der Waals surface area contributed by atoms with Crippen molar-refractivity contribution in [2.24, 2.45) is 5.92 Å². The Bertz CT molecular complexity index is 313. The van der Waals surface area contributed by atoms with E-state index in [0.29, 0.717) is 5.92 Å². The van der Waals surface area contributed by atoms with Gasteiger partial charge in [0.25, 0.3) is 0 Å². The second-order valence-corrected chi connectivity index (χ2v) is 4.30. The highest BCUT2D eigenvalue weighted by atomic mass is 16.5. The maximum absolute atomic E-state index is 5.40. The summed E-state index contributed by atoms with van der Waals surface area (Å²) in [5.41, 5.74) is 3.92. The number of hydrogen-bond donors (Lipinski definition) is 0. The van der Waals surface area contributed by atoms with Gasteiger partial charge in [0, 0.05) is 0 Å². The summed E-state index contributed by atoms with van der Waals surface area (Å²) in [6, 6.07) is 4.36. The number of methoxy groups -OCH3 is 1. The molecular weight excluding hydrogens is 172 g/mol. The minimum atomic E-state index is 0.695. The molecule has 0 fully saturated rings. The summed E-state index contributed by atoms with van der Waals surface area (Å²) in [6.45, 7) is 8.71. The molecule has 1 nitrogen and oxygen atoms in total. The van der Waals surface area contributed by atoms with Crippen molar-refractivity contribution in [3.05, 3.63) is 28.8 Å². The molecule has 0 N–H and O–H groups in total. The van der Waals surface area contributed by atoms with Crippen molar-refractivity contribution >= 4 is 0 Å². The highest BCUT2D eigenvalue weighted by Crippen LogP contribution is 2.27. The van der Waals surface area contributed by atoms with Gasteiger partial charge in [-0.25, -0.2) is 0 Å². The lowest BCUT2D eigenvalue weighted by Crippen LogP contribution is -2.00. The summed E-state index contributed by atoms with van der Waals surface area (Å²) < 4.78 is 5.40. The lowest BCUT2D eigenvalue weighted by atomic mass is 9.96. The molecule has 1 aromatic carbocycles. The van der Waals surface area contributed by atoms with E-state index in [-0.39, 0.29) is 0 Å². The van der Waals surface area contributed by atoms with Crippen LogP contribution in [0.1, 0.15) is 30.5 Å². The van der Waals surface area contributed by atoms with Gasteiger partial charge in [-0.15, -0.1) is 0 Å². The van der Waals surface area contributed by atoms with Crippen LogP contribution in [0, 0.1) is 19.8 Å². The molecule has 0 unspecified atom stereocenters. The molecule has 0 amide bonds. The topological polar surface area (TPSA) is 9.23 Å². The van der Waals surface area contributed by atoms with Crippen LogP contribution in [0.25, 0.3) is 0 Å². The van der Waals surface area contributed by atoms with Crippen molar-refractivity contribution in [2.45, 2.75) is 34.1 Å². The molecule has 14 heavy (non-hydrogen) atoms. The first kappa shape index (κ1) is 11.1. The fraction of sp³-hybridized carbons (Fsp3) is 0.538. The Morgan fingerprint density at radius 3 is 2.36 bits per heavy atom. The molecule has 1 aromatic rings.